The lowest BCUT2D eigenvalue weighted by atomic mass is 9.65. The molecule has 0 fully saturated rings. The second-order valence-electron chi connectivity index (χ2n) is 11.8. The Kier molecular flexibility index (Phi) is 6.80. The first-order chi connectivity index (χ1) is 17.7. The molecule has 38 heavy (non-hydrogen) atoms. The van der Waals surface area contributed by atoms with Crippen LogP contribution in [0.2, 0.25) is 0 Å². The second kappa shape index (κ2) is 9.45. The molecule has 0 spiro atoms. The quantitative estimate of drug-likeness (QED) is 0.317. The average molecular weight is 664 g/mol. The summed E-state index contributed by atoms with van der Waals surface area (Å²) in [5.74, 6) is 0.655. The maximum atomic E-state index is 13.5. The predicted octanol–water partition coefficient (Wildman–Crippen LogP) is 7.38. The van der Waals surface area contributed by atoms with Crippen LogP contribution in [0.15, 0.2) is 79.0 Å². The Bertz CT molecular complexity index is 1460. The van der Waals surface area contributed by atoms with E-state index in [-0.39, 0.29) is 33.0 Å². The van der Waals surface area contributed by atoms with Crippen molar-refractivity contribution in [2.75, 3.05) is 0 Å². The van der Waals surface area contributed by atoms with Crippen LogP contribution >= 0.6 is 31.9 Å². The molecular formula is C29H28Br2O6S. The number of rotatable bonds is 4. The summed E-state index contributed by atoms with van der Waals surface area (Å²) in [4.78, 5) is 27.1. The van der Waals surface area contributed by atoms with Gasteiger partial charge in [0, 0.05) is 42.7 Å². The first-order valence-electron chi connectivity index (χ1n) is 12.4. The van der Waals surface area contributed by atoms with Gasteiger partial charge in [0.1, 0.15) is 16.4 Å². The van der Waals surface area contributed by atoms with Crippen molar-refractivity contribution in [3.63, 3.8) is 0 Å². The van der Waals surface area contributed by atoms with E-state index in [4.69, 9.17) is 8.92 Å². The van der Waals surface area contributed by atoms with Gasteiger partial charge in [-0.3, -0.25) is 9.59 Å². The summed E-state index contributed by atoms with van der Waals surface area (Å²) in [5, 5.41) is 0. The molecule has 5 rings (SSSR count). The van der Waals surface area contributed by atoms with E-state index < -0.39 is 16.0 Å². The van der Waals surface area contributed by atoms with Crippen molar-refractivity contribution in [1.82, 2.24) is 0 Å². The number of ketones is 2. The Morgan fingerprint density at radius 3 is 1.76 bits per heavy atom. The summed E-state index contributed by atoms with van der Waals surface area (Å²) in [5.41, 5.74) is 1.20. The van der Waals surface area contributed by atoms with E-state index in [0.29, 0.717) is 62.9 Å². The molecule has 9 heteroatoms. The first-order valence-corrected chi connectivity index (χ1v) is 15.4. The molecule has 0 saturated carbocycles. The van der Waals surface area contributed by atoms with E-state index in [1.807, 2.05) is 27.7 Å². The zero-order valence-electron chi connectivity index (χ0n) is 21.6. The van der Waals surface area contributed by atoms with Crippen molar-refractivity contribution in [2.24, 2.45) is 10.8 Å². The van der Waals surface area contributed by atoms with E-state index in [1.165, 1.54) is 12.1 Å². The highest BCUT2D eigenvalue weighted by Gasteiger charge is 2.48. The number of carbonyl (C=O) groups excluding carboxylic acids is 2. The minimum absolute atomic E-state index is 0.0303. The number of ether oxygens (including phenoxy) is 1. The van der Waals surface area contributed by atoms with Gasteiger partial charge in [-0.05, 0) is 72.5 Å². The fourth-order valence-electron chi connectivity index (χ4n) is 5.58. The molecule has 0 atom stereocenters. The molecule has 0 radical (unpaired) electrons. The zero-order chi connectivity index (χ0) is 27.6. The van der Waals surface area contributed by atoms with Crippen molar-refractivity contribution in [1.29, 1.82) is 0 Å². The van der Waals surface area contributed by atoms with E-state index in [0.717, 1.165) is 0 Å². The van der Waals surface area contributed by atoms with Crippen LogP contribution in [0, 0.1) is 10.8 Å². The van der Waals surface area contributed by atoms with Gasteiger partial charge < -0.3 is 8.92 Å². The van der Waals surface area contributed by atoms with Crippen molar-refractivity contribution >= 4 is 53.5 Å². The number of benzene rings is 2. The molecule has 0 aromatic heterocycles. The van der Waals surface area contributed by atoms with Crippen LogP contribution in [0.4, 0.5) is 0 Å². The topological polar surface area (TPSA) is 86.7 Å². The van der Waals surface area contributed by atoms with Crippen molar-refractivity contribution in [2.45, 2.75) is 64.2 Å². The highest BCUT2D eigenvalue weighted by Crippen LogP contribution is 2.54. The maximum Gasteiger partial charge on any atom is 0.339 e. The van der Waals surface area contributed by atoms with E-state index in [9.17, 15) is 18.0 Å². The molecule has 6 nitrogen and oxygen atoms in total. The molecule has 1 heterocycles. The number of halogens is 2. The van der Waals surface area contributed by atoms with Gasteiger partial charge in [0.05, 0.1) is 8.95 Å². The molecule has 2 aromatic carbocycles. The van der Waals surface area contributed by atoms with Gasteiger partial charge >= 0.3 is 10.1 Å². The number of hydrogen-bond donors (Lipinski definition) is 0. The van der Waals surface area contributed by atoms with Crippen LogP contribution in [-0.4, -0.2) is 20.0 Å². The van der Waals surface area contributed by atoms with Gasteiger partial charge in [0.25, 0.3) is 0 Å². The van der Waals surface area contributed by atoms with E-state index in [2.05, 4.69) is 31.9 Å². The van der Waals surface area contributed by atoms with Crippen LogP contribution in [-0.2, 0) is 24.4 Å². The predicted molar refractivity (Wildman–Crippen MR) is 150 cm³/mol. The van der Waals surface area contributed by atoms with Crippen LogP contribution in [0.25, 0.3) is 0 Å². The lowest BCUT2D eigenvalue weighted by Crippen LogP contribution is -2.37. The Labute approximate surface area is 239 Å². The molecular weight excluding hydrogens is 636 g/mol. The van der Waals surface area contributed by atoms with Gasteiger partial charge in [-0.25, -0.2) is 0 Å². The molecule has 1 aliphatic heterocycles. The zero-order valence-corrected chi connectivity index (χ0v) is 25.5. The molecule has 0 saturated heterocycles. The highest BCUT2D eigenvalue weighted by molar-refractivity contribution is 9.11. The highest BCUT2D eigenvalue weighted by atomic mass is 79.9. The average Bonchev–Trinajstić information content (AvgIpc) is 2.79. The molecule has 0 amide bonds. The van der Waals surface area contributed by atoms with Crippen LogP contribution < -0.4 is 4.18 Å². The minimum atomic E-state index is -4.08. The standard InChI is InChI=1S/C29H28Br2O6S/c1-28(2)12-20(32)25-22(14-28)36-23-15-29(3,4)13-21(33)26(23)24(25)16-10-18(30)27(19(31)11-16)37-38(34,35)17-8-6-5-7-9-17/h5-11,24H,12-15H2,1-4H3. The third-order valence-corrected chi connectivity index (χ3v) is 9.57. The number of Topliss-reactive ketones (excluding diaryl/α,β-unsaturated/α-hetero) is 2. The fraction of sp³-hybridized carbons (Fsp3) is 0.379. The van der Waals surface area contributed by atoms with E-state index >= 15 is 0 Å². The molecule has 3 aliphatic rings. The summed E-state index contributed by atoms with van der Waals surface area (Å²) in [6, 6.07) is 11.3. The lowest BCUT2D eigenvalue weighted by molar-refractivity contribution is -0.120. The molecule has 0 unspecified atom stereocenters. The second-order valence-corrected chi connectivity index (χ2v) is 15.0. The number of allylic oxidation sites excluding steroid dienone is 4. The first kappa shape index (κ1) is 27.3. The Morgan fingerprint density at radius 2 is 1.29 bits per heavy atom. The van der Waals surface area contributed by atoms with Crippen molar-refractivity contribution in [3.05, 3.63) is 79.6 Å². The van der Waals surface area contributed by atoms with Crippen molar-refractivity contribution < 1.29 is 26.9 Å². The number of carbonyl (C=O) groups is 2. The molecule has 0 bridgehead atoms. The summed E-state index contributed by atoms with van der Waals surface area (Å²) >= 11 is 6.96. The largest absolute Gasteiger partial charge is 0.465 e. The molecule has 2 aliphatic carbocycles. The third kappa shape index (κ3) is 5.05. The normalized spacial score (nSPS) is 21.1. The molecule has 2 aromatic rings. The SMILES string of the molecule is CC1(C)CC(=O)C2=C(C1)OC1=C(C(=O)CC(C)(C)C1)C2c1cc(Br)c(OS(=O)(=O)c2ccccc2)c(Br)c1. The van der Waals surface area contributed by atoms with Crippen LogP contribution in [0.3, 0.4) is 0 Å². The van der Waals surface area contributed by atoms with Crippen molar-refractivity contribution in [3.8, 4) is 5.75 Å². The molecule has 200 valence electrons. The summed E-state index contributed by atoms with van der Waals surface area (Å²) in [7, 11) is -4.08. The van der Waals surface area contributed by atoms with Gasteiger partial charge in [0.2, 0.25) is 0 Å². The summed E-state index contributed by atoms with van der Waals surface area (Å²) in [6.07, 6.45) is 1.89. The van der Waals surface area contributed by atoms with Gasteiger partial charge in [-0.2, -0.15) is 8.42 Å². The van der Waals surface area contributed by atoms with Gasteiger partial charge in [0.15, 0.2) is 17.3 Å². The minimum Gasteiger partial charge on any atom is -0.465 e. The van der Waals surface area contributed by atoms with Gasteiger partial charge in [-0.1, -0.05) is 45.9 Å². The third-order valence-electron chi connectivity index (χ3n) is 7.16. The monoisotopic (exact) mass is 662 g/mol. The summed E-state index contributed by atoms with van der Waals surface area (Å²) < 4.78 is 38.4. The number of hydrogen-bond acceptors (Lipinski definition) is 6. The van der Waals surface area contributed by atoms with Crippen LogP contribution in [0.5, 0.6) is 5.75 Å². The Balaban J connectivity index is 1.63. The van der Waals surface area contributed by atoms with Crippen LogP contribution in [0.1, 0.15) is 64.9 Å². The summed E-state index contributed by atoms with van der Waals surface area (Å²) in [6.45, 7) is 8.16. The lowest BCUT2D eigenvalue weighted by Gasteiger charge is -2.42. The smallest absolute Gasteiger partial charge is 0.339 e. The Morgan fingerprint density at radius 1 is 0.816 bits per heavy atom. The molecule has 0 N–H and O–H groups in total. The van der Waals surface area contributed by atoms with E-state index in [1.54, 1.807) is 30.3 Å². The van der Waals surface area contributed by atoms with Gasteiger partial charge in [-0.15, -0.1) is 0 Å². The maximum absolute atomic E-state index is 13.5. The fourth-order valence-corrected chi connectivity index (χ4v) is 8.16. The Hall–Kier alpha value is -2.23.